The van der Waals surface area contributed by atoms with Crippen LogP contribution < -0.4 is 5.32 Å². The van der Waals surface area contributed by atoms with Crippen LogP contribution in [0.1, 0.15) is 25.3 Å². The molecule has 1 aliphatic heterocycles. The first-order chi connectivity index (χ1) is 9.47. The van der Waals surface area contributed by atoms with Gasteiger partial charge in [0.15, 0.2) is 0 Å². The SMILES string of the molecule is Cc1ccc(NC(=O)N2CCCC(C)C2)c([N+](=O)[O-])c1. The number of piperidine rings is 1. The Morgan fingerprint density at radius 1 is 1.50 bits per heavy atom. The Balaban J connectivity index is 2.13. The molecule has 1 unspecified atom stereocenters. The van der Waals surface area contributed by atoms with E-state index in [0.29, 0.717) is 19.0 Å². The van der Waals surface area contributed by atoms with Crippen LogP contribution in [0.5, 0.6) is 0 Å². The number of amides is 2. The van der Waals surface area contributed by atoms with E-state index >= 15 is 0 Å². The minimum absolute atomic E-state index is 0.0663. The fourth-order valence-electron chi connectivity index (χ4n) is 2.47. The predicted molar refractivity (Wildman–Crippen MR) is 76.8 cm³/mol. The number of hydrogen-bond donors (Lipinski definition) is 1. The second-order valence-corrected chi connectivity index (χ2v) is 5.40. The highest BCUT2D eigenvalue weighted by Gasteiger charge is 2.23. The molecule has 1 aromatic carbocycles. The van der Waals surface area contributed by atoms with Gasteiger partial charge < -0.3 is 10.2 Å². The summed E-state index contributed by atoms with van der Waals surface area (Å²) in [6.07, 6.45) is 2.10. The van der Waals surface area contributed by atoms with Crippen molar-refractivity contribution in [3.05, 3.63) is 33.9 Å². The molecule has 108 valence electrons. The second kappa shape index (κ2) is 5.90. The van der Waals surface area contributed by atoms with Gasteiger partial charge in [0, 0.05) is 19.2 Å². The summed E-state index contributed by atoms with van der Waals surface area (Å²) in [4.78, 5) is 24.4. The van der Waals surface area contributed by atoms with Crippen molar-refractivity contribution < 1.29 is 9.72 Å². The number of likely N-dealkylation sites (tertiary alicyclic amines) is 1. The third-order valence-electron chi connectivity index (χ3n) is 3.54. The number of urea groups is 1. The Hall–Kier alpha value is -2.11. The lowest BCUT2D eigenvalue weighted by Gasteiger charge is -2.30. The maximum Gasteiger partial charge on any atom is 0.322 e. The molecule has 1 aliphatic rings. The predicted octanol–water partition coefficient (Wildman–Crippen LogP) is 3.17. The van der Waals surface area contributed by atoms with Gasteiger partial charge in [-0.2, -0.15) is 0 Å². The molecule has 0 aliphatic carbocycles. The number of rotatable bonds is 2. The zero-order chi connectivity index (χ0) is 14.7. The molecular formula is C14H19N3O3. The number of nitrogens with one attached hydrogen (secondary N) is 1. The maximum absolute atomic E-state index is 12.2. The summed E-state index contributed by atoms with van der Waals surface area (Å²) >= 11 is 0. The van der Waals surface area contributed by atoms with Gasteiger partial charge in [0.05, 0.1) is 4.92 Å². The highest BCUT2D eigenvalue weighted by Crippen LogP contribution is 2.26. The van der Waals surface area contributed by atoms with Crippen LogP contribution in [0.25, 0.3) is 0 Å². The third kappa shape index (κ3) is 3.26. The quantitative estimate of drug-likeness (QED) is 0.666. The largest absolute Gasteiger partial charge is 0.324 e. The fraction of sp³-hybridized carbons (Fsp3) is 0.500. The number of aryl methyl sites for hydroxylation is 1. The Morgan fingerprint density at radius 2 is 2.25 bits per heavy atom. The van der Waals surface area contributed by atoms with Crippen LogP contribution in [0.4, 0.5) is 16.2 Å². The number of nitro groups is 1. The van der Waals surface area contributed by atoms with E-state index in [1.54, 1.807) is 24.0 Å². The molecular weight excluding hydrogens is 258 g/mol. The van der Waals surface area contributed by atoms with Gasteiger partial charge in [-0.3, -0.25) is 10.1 Å². The Kier molecular flexibility index (Phi) is 4.22. The molecule has 0 bridgehead atoms. The van der Waals surface area contributed by atoms with E-state index in [1.165, 1.54) is 6.07 Å². The monoisotopic (exact) mass is 277 g/mol. The van der Waals surface area contributed by atoms with Crippen LogP contribution >= 0.6 is 0 Å². The van der Waals surface area contributed by atoms with Crippen molar-refractivity contribution >= 4 is 17.4 Å². The Morgan fingerprint density at radius 3 is 2.90 bits per heavy atom. The van der Waals surface area contributed by atoms with E-state index < -0.39 is 4.92 Å². The zero-order valence-electron chi connectivity index (χ0n) is 11.8. The molecule has 1 atom stereocenters. The third-order valence-corrected chi connectivity index (χ3v) is 3.54. The fourth-order valence-corrected chi connectivity index (χ4v) is 2.47. The van der Waals surface area contributed by atoms with Crippen molar-refractivity contribution in [2.75, 3.05) is 18.4 Å². The molecule has 0 saturated carbocycles. The molecule has 6 nitrogen and oxygen atoms in total. The smallest absolute Gasteiger partial charge is 0.322 e. The minimum atomic E-state index is -0.471. The first-order valence-corrected chi connectivity index (χ1v) is 6.78. The molecule has 1 saturated heterocycles. The second-order valence-electron chi connectivity index (χ2n) is 5.40. The van der Waals surface area contributed by atoms with Gasteiger partial charge in [-0.1, -0.05) is 13.0 Å². The van der Waals surface area contributed by atoms with Crippen molar-refractivity contribution in [2.45, 2.75) is 26.7 Å². The molecule has 6 heteroatoms. The van der Waals surface area contributed by atoms with Gasteiger partial charge in [0.2, 0.25) is 0 Å². The molecule has 0 radical (unpaired) electrons. The van der Waals surface area contributed by atoms with Gasteiger partial charge in [-0.25, -0.2) is 4.79 Å². The summed E-state index contributed by atoms with van der Waals surface area (Å²) in [5, 5.41) is 13.7. The van der Waals surface area contributed by atoms with E-state index in [0.717, 1.165) is 18.4 Å². The minimum Gasteiger partial charge on any atom is -0.324 e. The van der Waals surface area contributed by atoms with Gasteiger partial charge >= 0.3 is 6.03 Å². The highest BCUT2D eigenvalue weighted by atomic mass is 16.6. The van der Waals surface area contributed by atoms with Gasteiger partial charge in [0.1, 0.15) is 5.69 Å². The van der Waals surface area contributed by atoms with E-state index in [9.17, 15) is 14.9 Å². The average molecular weight is 277 g/mol. The highest BCUT2D eigenvalue weighted by molar-refractivity contribution is 5.92. The molecule has 1 N–H and O–H groups in total. The van der Waals surface area contributed by atoms with E-state index in [-0.39, 0.29) is 17.4 Å². The normalized spacial score (nSPS) is 18.7. The molecule has 20 heavy (non-hydrogen) atoms. The van der Waals surface area contributed by atoms with Gasteiger partial charge in [-0.05, 0) is 37.3 Å². The number of hydrogen-bond acceptors (Lipinski definition) is 3. The maximum atomic E-state index is 12.2. The van der Waals surface area contributed by atoms with Crippen molar-refractivity contribution in [3.8, 4) is 0 Å². The van der Waals surface area contributed by atoms with E-state index in [2.05, 4.69) is 12.2 Å². The molecule has 1 heterocycles. The summed E-state index contributed by atoms with van der Waals surface area (Å²) in [5.74, 6) is 0.475. The molecule has 0 aromatic heterocycles. The van der Waals surface area contributed by atoms with Crippen LogP contribution in [-0.2, 0) is 0 Å². The Bertz CT molecular complexity index is 530. The number of benzene rings is 1. The summed E-state index contributed by atoms with van der Waals surface area (Å²) in [6.45, 7) is 5.29. The summed E-state index contributed by atoms with van der Waals surface area (Å²) in [5.41, 5.74) is 0.980. The first-order valence-electron chi connectivity index (χ1n) is 6.78. The number of carbonyl (C=O) groups is 1. The zero-order valence-corrected chi connectivity index (χ0v) is 11.8. The van der Waals surface area contributed by atoms with Crippen molar-refractivity contribution in [1.29, 1.82) is 0 Å². The summed E-state index contributed by atoms with van der Waals surface area (Å²) < 4.78 is 0. The topological polar surface area (TPSA) is 75.5 Å². The molecule has 2 rings (SSSR count). The van der Waals surface area contributed by atoms with Crippen LogP contribution in [0.15, 0.2) is 18.2 Å². The summed E-state index contributed by atoms with van der Waals surface area (Å²) in [6, 6.07) is 4.54. The standard InChI is InChI=1S/C14H19N3O3/c1-10-5-6-12(13(8-10)17(19)20)15-14(18)16-7-3-4-11(2)9-16/h5-6,8,11H,3-4,7,9H2,1-2H3,(H,15,18). The first kappa shape index (κ1) is 14.3. The molecule has 2 amide bonds. The lowest BCUT2D eigenvalue weighted by Crippen LogP contribution is -2.41. The number of anilines is 1. The van der Waals surface area contributed by atoms with E-state index in [1.807, 2.05) is 0 Å². The van der Waals surface area contributed by atoms with Gasteiger partial charge in [-0.15, -0.1) is 0 Å². The van der Waals surface area contributed by atoms with Crippen LogP contribution in [0, 0.1) is 23.0 Å². The molecule has 1 aromatic rings. The van der Waals surface area contributed by atoms with Crippen LogP contribution in [-0.4, -0.2) is 28.9 Å². The van der Waals surface area contributed by atoms with Crippen LogP contribution in [0.2, 0.25) is 0 Å². The lowest BCUT2D eigenvalue weighted by atomic mass is 10.0. The van der Waals surface area contributed by atoms with E-state index in [4.69, 9.17) is 0 Å². The number of nitrogens with zero attached hydrogens (tertiary/aromatic N) is 2. The molecule has 0 spiro atoms. The lowest BCUT2D eigenvalue weighted by molar-refractivity contribution is -0.384. The Labute approximate surface area is 117 Å². The average Bonchev–Trinajstić information content (AvgIpc) is 2.40. The molecule has 1 fully saturated rings. The van der Waals surface area contributed by atoms with Crippen molar-refractivity contribution in [3.63, 3.8) is 0 Å². The van der Waals surface area contributed by atoms with Crippen molar-refractivity contribution in [2.24, 2.45) is 5.92 Å². The van der Waals surface area contributed by atoms with Crippen molar-refractivity contribution in [1.82, 2.24) is 4.90 Å². The number of carbonyl (C=O) groups excluding carboxylic acids is 1. The summed E-state index contributed by atoms with van der Waals surface area (Å²) in [7, 11) is 0. The number of nitro benzene ring substituents is 1. The van der Waals surface area contributed by atoms with Crippen LogP contribution in [0.3, 0.4) is 0 Å². The van der Waals surface area contributed by atoms with Gasteiger partial charge in [0.25, 0.3) is 5.69 Å².